The third-order valence-corrected chi connectivity index (χ3v) is 2.87. The molecule has 0 fully saturated rings. The lowest BCUT2D eigenvalue weighted by Gasteiger charge is -2.11. The topological polar surface area (TPSA) is 37.9 Å². The molecule has 1 aromatic heterocycles. The molecule has 20 heavy (non-hydrogen) atoms. The van der Waals surface area contributed by atoms with E-state index < -0.39 is 17.6 Å². The number of aromatic nitrogens is 2. The fourth-order valence-corrected chi connectivity index (χ4v) is 1.93. The largest absolute Gasteiger partial charge is 0.491 e. The van der Waals surface area contributed by atoms with E-state index in [0.29, 0.717) is 6.07 Å². The van der Waals surface area contributed by atoms with E-state index in [0.717, 1.165) is 12.1 Å². The van der Waals surface area contributed by atoms with Crippen LogP contribution in [-0.2, 0) is 6.18 Å². The molecular formula is C12H8F4N2OS. The first-order valence-electron chi connectivity index (χ1n) is 5.33. The maximum Gasteiger partial charge on any atom is 0.419 e. The summed E-state index contributed by atoms with van der Waals surface area (Å²) < 4.78 is 56.2. The number of methoxy groups -OCH3 is 1. The van der Waals surface area contributed by atoms with E-state index in [1.807, 2.05) is 0 Å². The Kier molecular flexibility index (Phi) is 3.76. The average Bonchev–Trinajstić information content (AvgIpc) is 2.36. The third kappa shape index (κ3) is 2.64. The monoisotopic (exact) mass is 304 g/mol. The van der Waals surface area contributed by atoms with Crippen molar-refractivity contribution in [3.63, 3.8) is 0 Å². The zero-order chi connectivity index (χ0) is 14.9. The van der Waals surface area contributed by atoms with Crippen LogP contribution in [0, 0.1) is 10.5 Å². The Labute approximate surface area is 116 Å². The van der Waals surface area contributed by atoms with Crippen LogP contribution < -0.4 is 4.74 Å². The van der Waals surface area contributed by atoms with Crippen LogP contribution in [0.3, 0.4) is 0 Å². The van der Waals surface area contributed by atoms with E-state index in [2.05, 4.69) is 9.97 Å². The first kappa shape index (κ1) is 14.4. The predicted molar refractivity (Wildman–Crippen MR) is 66.4 cm³/mol. The van der Waals surface area contributed by atoms with Gasteiger partial charge in [-0.05, 0) is 12.1 Å². The Morgan fingerprint density at radius 2 is 2.00 bits per heavy atom. The van der Waals surface area contributed by atoms with Crippen LogP contribution in [0.15, 0.2) is 24.5 Å². The molecule has 0 aliphatic carbocycles. The fourth-order valence-electron chi connectivity index (χ4n) is 1.69. The lowest BCUT2D eigenvalue weighted by molar-refractivity contribution is -0.139. The average molecular weight is 304 g/mol. The van der Waals surface area contributed by atoms with Crippen molar-refractivity contribution < 1.29 is 22.3 Å². The quantitative estimate of drug-likeness (QED) is 0.674. The van der Waals surface area contributed by atoms with Crippen LogP contribution in [0.25, 0.3) is 11.3 Å². The second-order valence-electron chi connectivity index (χ2n) is 3.81. The number of rotatable bonds is 2. The van der Waals surface area contributed by atoms with Crippen molar-refractivity contribution in [1.82, 2.24) is 9.97 Å². The molecule has 0 saturated carbocycles. The van der Waals surface area contributed by atoms with Crippen LogP contribution in [-0.4, -0.2) is 17.1 Å². The van der Waals surface area contributed by atoms with E-state index in [1.165, 1.54) is 13.4 Å². The molecule has 2 aromatic rings. The van der Waals surface area contributed by atoms with Crippen LogP contribution >= 0.6 is 12.2 Å². The third-order valence-electron chi connectivity index (χ3n) is 2.58. The first-order chi connectivity index (χ1) is 9.34. The Hall–Kier alpha value is -1.96. The van der Waals surface area contributed by atoms with E-state index in [9.17, 15) is 17.6 Å². The number of nitrogens with zero attached hydrogens (tertiary/aromatic N) is 1. The summed E-state index contributed by atoms with van der Waals surface area (Å²) in [6.45, 7) is 0. The number of nitrogens with one attached hydrogen (secondary N) is 1. The molecule has 8 heteroatoms. The highest BCUT2D eigenvalue weighted by molar-refractivity contribution is 7.71. The first-order valence-corrected chi connectivity index (χ1v) is 5.74. The second kappa shape index (κ2) is 5.20. The molecule has 2 rings (SSSR count). The van der Waals surface area contributed by atoms with Crippen molar-refractivity contribution in [2.45, 2.75) is 6.18 Å². The van der Waals surface area contributed by atoms with Gasteiger partial charge in [-0.1, -0.05) is 18.3 Å². The van der Waals surface area contributed by atoms with Gasteiger partial charge in [0.1, 0.15) is 5.82 Å². The van der Waals surface area contributed by atoms with Crippen molar-refractivity contribution in [3.05, 3.63) is 40.5 Å². The highest BCUT2D eigenvalue weighted by Gasteiger charge is 2.34. The minimum atomic E-state index is -4.74. The lowest BCUT2D eigenvalue weighted by atomic mass is 10.1. The molecule has 0 amide bonds. The molecule has 0 radical (unpaired) electrons. The minimum Gasteiger partial charge on any atom is -0.491 e. The summed E-state index contributed by atoms with van der Waals surface area (Å²) in [6.07, 6.45) is -3.48. The molecule has 0 atom stereocenters. The fraction of sp³-hybridized carbons (Fsp3) is 0.167. The Bertz CT molecular complexity index is 697. The molecule has 0 saturated heterocycles. The van der Waals surface area contributed by atoms with Crippen molar-refractivity contribution in [3.8, 4) is 17.0 Å². The smallest absolute Gasteiger partial charge is 0.419 e. The number of aromatic amines is 1. The van der Waals surface area contributed by atoms with Crippen molar-refractivity contribution in [2.24, 2.45) is 0 Å². The van der Waals surface area contributed by atoms with Gasteiger partial charge in [-0.3, -0.25) is 0 Å². The molecule has 1 aromatic carbocycles. The van der Waals surface area contributed by atoms with E-state index in [-0.39, 0.29) is 21.6 Å². The molecule has 0 aliphatic rings. The van der Waals surface area contributed by atoms with Gasteiger partial charge in [-0.15, -0.1) is 0 Å². The van der Waals surface area contributed by atoms with Gasteiger partial charge >= 0.3 is 6.18 Å². The summed E-state index contributed by atoms with van der Waals surface area (Å²) in [5.41, 5.74) is -0.881. The summed E-state index contributed by atoms with van der Waals surface area (Å²) >= 11 is 4.93. The van der Waals surface area contributed by atoms with Gasteiger partial charge < -0.3 is 9.72 Å². The van der Waals surface area contributed by atoms with Gasteiger partial charge in [-0.2, -0.15) is 13.2 Å². The van der Waals surface area contributed by atoms with Gasteiger partial charge in [0.15, 0.2) is 10.4 Å². The Morgan fingerprint density at radius 3 is 2.55 bits per heavy atom. The van der Waals surface area contributed by atoms with Gasteiger partial charge in [0.2, 0.25) is 0 Å². The molecular weight excluding hydrogens is 296 g/mol. The number of ether oxygens (including phenoxy) is 1. The highest BCUT2D eigenvalue weighted by atomic mass is 32.1. The van der Waals surface area contributed by atoms with Crippen LogP contribution in [0.2, 0.25) is 0 Å². The maximum atomic E-state index is 13.6. The number of H-pyrrole nitrogens is 1. The molecule has 1 heterocycles. The van der Waals surface area contributed by atoms with E-state index in [4.69, 9.17) is 17.0 Å². The molecule has 3 nitrogen and oxygen atoms in total. The molecule has 0 aliphatic heterocycles. The van der Waals surface area contributed by atoms with Gasteiger partial charge in [-0.25, -0.2) is 9.37 Å². The number of halogens is 4. The summed E-state index contributed by atoms with van der Waals surface area (Å²) in [4.78, 5) is 6.46. The summed E-state index contributed by atoms with van der Waals surface area (Å²) in [5, 5.41) is 0. The Morgan fingerprint density at radius 1 is 1.30 bits per heavy atom. The van der Waals surface area contributed by atoms with Crippen LogP contribution in [0.1, 0.15) is 5.56 Å². The predicted octanol–water partition coefficient (Wildman–Crippen LogP) is 3.97. The molecule has 0 bridgehead atoms. The van der Waals surface area contributed by atoms with Gasteiger partial charge in [0.05, 0.1) is 24.7 Å². The summed E-state index contributed by atoms with van der Waals surface area (Å²) in [5.74, 6) is -1.20. The van der Waals surface area contributed by atoms with E-state index in [1.54, 1.807) is 0 Å². The van der Waals surface area contributed by atoms with Crippen LogP contribution in [0.4, 0.5) is 17.6 Å². The van der Waals surface area contributed by atoms with Crippen molar-refractivity contribution in [2.75, 3.05) is 7.11 Å². The van der Waals surface area contributed by atoms with E-state index >= 15 is 0 Å². The van der Waals surface area contributed by atoms with Crippen molar-refractivity contribution in [1.29, 1.82) is 0 Å². The number of hydrogen-bond donors (Lipinski definition) is 1. The molecule has 106 valence electrons. The standard InChI is InChI=1S/C12H8F4N2OS/c1-19-10-9(17-5-18-11(10)20)6-2-3-7(8(13)4-6)12(14,15)16/h2-5H,1H3,(H,17,18,20). The highest BCUT2D eigenvalue weighted by Crippen LogP contribution is 2.35. The number of alkyl halides is 3. The Balaban J connectivity index is 2.59. The van der Waals surface area contributed by atoms with Gasteiger partial charge in [0, 0.05) is 5.56 Å². The lowest BCUT2D eigenvalue weighted by Crippen LogP contribution is -2.08. The minimum absolute atomic E-state index is 0.126. The van der Waals surface area contributed by atoms with Crippen LogP contribution in [0.5, 0.6) is 5.75 Å². The molecule has 0 spiro atoms. The summed E-state index contributed by atoms with van der Waals surface area (Å²) in [7, 11) is 1.34. The maximum absolute atomic E-state index is 13.6. The van der Waals surface area contributed by atoms with Crippen molar-refractivity contribution >= 4 is 12.2 Å². The molecule has 0 unspecified atom stereocenters. The molecule has 1 N–H and O–H groups in total. The van der Waals surface area contributed by atoms with Gasteiger partial charge in [0.25, 0.3) is 0 Å². The number of benzene rings is 1. The number of hydrogen-bond acceptors (Lipinski definition) is 3. The zero-order valence-corrected chi connectivity index (χ0v) is 10.9. The second-order valence-corrected chi connectivity index (χ2v) is 4.20. The zero-order valence-electron chi connectivity index (χ0n) is 10.1. The SMILES string of the molecule is COc1c(-c2ccc(C(F)(F)F)c(F)c2)[nH]cnc1=S. The normalized spacial score (nSPS) is 11.4. The summed E-state index contributed by atoms with van der Waals surface area (Å²) in [6, 6.07) is 2.57.